The van der Waals surface area contributed by atoms with E-state index in [-0.39, 0.29) is 39.1 Å². The zero-order valence-corrected chi connectivity index (χ0v) is 30.3. The van der Waals surface area contributed by atoms with Crippen molar-refractivity contribution in [3.63, 3.8) is 0 Å². The van der Waals surface area contributed by atoms with Crippen molar-refractivity contribution in [3.05, 3.63) is 46.5 Å². The van der Waals surface area contributed by atoms with Crippen LogP contribution in [0.1, 0.15) is 126 Å². The van der Waals surface area contributed by atoms with E-state index < -0.39 is 6.16 Å². The smallest absolute Gasteiger partial charge is 0.507 e. The first-order chi connectivity index (χ1) is 18.9. The van der Waals surface area contributed by atoms with E-state index in [0.29, 0.717) is 5.75 Å². The molecule has 0 spiro atoms. The first-order valence-electron chi connectivity index (χ1n) is 14.7. The van der Waals surface area contributed by atoms with Gasteiger partial charge < -0.3 is 19.3 Å². The Morgan fingerprint density at radius 2 is 1.00 bits per heavy atom. The number of carbonyl (C=O) groups excluding carboxylic acids is 1. The zero-order chi connectivity index (χ0) is 32.5. The molecule has 2 aromatic carbocycles. The summed E-state index contributed by atoms with van der Waals surface area (Å²) in [5.74, 6) is 1.15. The Hall–Kier alpha value is -1.99. The number of carbonyl (C=O) groups is 1. The highest BCUT2D eigenvalue weighted by molar-refractivity contribution is 8.18. The predicted octanol–water partition coefficient (Wildman–Crippen LogP) is 10.7. The fourth-order valence-electron chi connectivity index (χ4n) is 4.63. The van der Waals surface area contributed by atoms with E-state index in [1.165, 1.54) is 0 Å². The average Bonchev–Trinajstić information content (AvgIpc) is 2.77. The van der Waals surface area contributed by atoms with Gasteiger partial charge in [0.25, 0.3) is 0 Å². The van der Waals surface area contributed by atoms with Crippen molar-refractivity contribution in [2.24, 2.45) is 0 Å². The zero-order valence-electron chi connectivity index (χ0n) is 28.6. The lowest BCUT2D eigenvalue weighted by atomic mass is 9.79. The molecule has 0 aliphatic carbocycles. The molecule has 0 saturated heterocycles. The summed E-state index contributed by atoms with van der Waals surface area (Å²) >= 11 is 3.63. The molecular weight excluding hydrogens is 565 g/mol. The SMILES string of the molecule is CCOC(=O)OCOc1c(C(C)(C)C)cc(SC(C)(C)Sc2cc(C(C)(C)C)c(O)c(C(C)(C)C)c2)cc1C(C)(C)C. The third kappa shape index (κ3) is 9.77. The third-order valence-corrected chi connectivity index (χ3v) is 9.17. The normalized spacial score (nSPS) is 13.2. The van der Waals surface area contributed by atoms with Crippen LogP contribution in [0.4, 0.5) is 4.79 Å². The first kappa shape index (κ1) is 36.2. The van der Waals surface area contributed by atoms with Gasteiger partial charge in [-0.05, 0) is 66.7 Å². The minimum atomic E-state index is -0.739. The van der Waals surface area contributed by atoms with Crippen LogP contribution in [0.3, 0.4) is 0 Å². The van der Waals surface area contributed by atoms with Crippen LogP contribution in [0.5, 0.6) is 11.5 Å². The van der Waals surface area contributed by atoms with Gasteiger partial charge in [0, 0.05) is 32.0 Å². The van der Waals surface area contributed by atoms with Crippen LogP contribution >= 0.6 is 23.5 Å². The number of hydrogen-bond acceptors (Lipinski definition) is 7. The molecule has 0 amide bonds. The van der Waals surface area contributed by atoms with E-state index in [4.69, 9.17) is 14.2 Å². The number of ether oxygens (including phenoxy) is 3. The van der Waals surface area contributed by atoms with Crippen molar-refractivity contribution in [2.45, 2.75) is 139 Å². The van der Waals surface area contributed by atoms with Crippen LogP contribution in [0.15, 0.2) is 34.1 Å². The highest BCUT2D eigenvalue weighted by atomic mass is 32.2. The summed E-state index contributed by atoms with van der Waals surface area (Å²) in [5.41, 5.74) is 3.24. The topological polar surface area (TPSA) is 65.0 Å². The van der Waals surface area contributed by atoms with Crippen molar-refractivity contribution in [1.82, 2.24) is 0 Å². The standard InChI is InChI=1S/C35H54O5S2/c1-16-38-30(37)40-21-39-29-26(33(8,9)10)19-23(20-27(29)34(11,12)13)42-35(14,15)41-22-17-24(31(2,3)4)28(36)25(18-22)32(5,6)7/h17-20,36H,16,21H2,1-15H3. The van der Waals surface area contributed by atoms with Gasteiger partial charge in [0.05, 0.1) is 10.7 Å². The lowest BCUT2D eigenvalue weighted by Gasteiger charge is -2.32. The molecule has 0 aliphatic heterocycles. The highest BCUT2D eigenvalue weighted by Gasteiger charge is 2.32. The van der Waals surface area contributed by atoms with Crippen LogP contribution in [0.2, 0.25) is 0 Å². The van der Waals surface area contributed by atoms with Gasteiger partial charge in [0.15, 0.2) is 0 Å². The Kier molecular flexibility index (Phi) is 11.1. The molecule has 42 heavy (non-hydrogen) atoms. The number of rotatable bonds is 8. The molecule has 236 valence electrons. The molecule has 0 bridgehead atoms. The Morgan fingerprint density at radius 1 is 0.643 bits per heavy atom. The molecule has 0 aliphatic rings. The molecule has 0 fully saturated rings. The first-order valence-corrected chi connectivity index (χ1v) is 16.4. The molecule has 0 radical (unpaired) electrons. The number of phenolic OH excluding ortho intramolecular Hbond substituents is 1. The maximum absolute atomic E-state index is 11.8. The molecular formula is C35H54O5S2. The second-order valence-corrected chi connectivity index (χ2v) is 19.1. The molecule has 0 aromatic heterocycles. The second kappa shape index (κ2) is 12.9. The van der Waals surface area contributed by atoms with Gasteiger partial charge >= 0.3 is 6.16 Å². The van der Waals surface area contributed by atoms with Crippen LogP contribution in [0, 0.1) is 0 Å². The molecule has 1 N–H and O–H groups in total. The fourth-order valence-corrected chi connectivity index (χ4v) is 7.21. The van der Waals surface area contributed by atoms with Crippen LogP contribution in [0.25, 0.3) is 0 Å². The summed E-state index contributed by atoms with van der Waals surface area (Å²) in [6.45, 7) is 32.1. The molecule has 0 saturated carbocycles. The molecule has 0 atom stereocenters. The maximum Gasteiger partial charge on any atom is 0.511 e. The Labute approximate surface area is 263 Å². The van der Waals surface area contributed by atoms with Gasteiger partial charge in [-0.3, -0.25) is 0 Å². The largest absolute Gasteiger partial charge is 0.511 e. The van der Waals surface area contributed by atoms with E-state index >= 15 is 0 Å². The minimum Gasteiger partial charge on any atom is -0.507 e. The van der Waals surface area contributed by atoms with E-state index in [9.17, 15) is 9.90 Å². The van der Waals surface area contributed by atoms with Gasteiger partial charge in [-0.2, -0.15) is 0 Å². The quantitative estimate of drug-likeness (QED) is 0.179. The third-order valence-electron chi connectivity index (χ3n) is 6.75. The summed E-state index contributed by atoms with van der Waals surface area (Å²) in [7, 11) is 0. The van der Waals surface area contributed by atoms with Crippen molar-refractivity contribution in [3.8, 4) is 11.5 Å². The summed E-state index contributed by atoms with van der Waals surface area (Å²) in [5, 5.41) is 11.2. The molecule has 0 heterocycles. The van der Waals surface area contributed by atoms with E-state index in [0.717, 1.165) is 37.8 Å². The van der Waals surface area contributed by atoms with E-state index in [1.54, 1.807) is 6.92 Å². The predicted molar refractivity (Wildman–Crippen MR) is 179 cm³/mol. The fraction of sp³-hybridized carbons (Fsp3) is 0.629. The summed E-state index contributed by atoms with van der Waals surface area (Å²) < 4.78 is 16.0. The van der Waals surface area contributed by atoms with Crippen LogP contribution in [-0.2, 0) is 31.1 Å². The van der Waals surface area contributed by atoms with Gasteiger partial charge in [-0.15, -0.1) is 23.5 Å². The number of benzene rings is 2. The van der Waals surface area contributed by atoms with Crippen molar-refractivity contribution in [2.75, 3.05) is 13.4 Å². The summed E-state index contributed by atoms with van der Waals surface area (Å²) in [6, 6.07) is 8.72. The molecule has 0 unspecified atom stereocenters. The maximum atomic E-state index is 11.8. The number of aromatic hydroxyl groups is 1. The molecule has 2 aromatic rings. The molecule has 7 heteroatoms. The Balaban J connectivity index is 2.56. The average molecular weight is 619 g/mol. The van der Waals surface area contributed by atoms with Crippen molar-refractivity contribution in [1.29, 1.82) is 0 Å². The Morgan fingerprint density at radius 3 is 1.33 bits per heavy atom. The number of phenols is 1. The van der Waals surface area contributed by atoms with Crippen LogP contribution in [-0.4, -0.2) is 28.7 Å². The van der Waals surface area contributed by atoms with E-state index in [2.05, 4.69) is 121 Å². The highest BCUT2D eigenvalue weighted by Crippen LogP contribution is 2.51. The number of thioether (sulfide) groups is 2. The monoisotopic (exact) mass is 618 g/mol. The lowest BCUT2D eigenvalue weighted by Crippen LogP contribution is -2.22. The van der Waals surface area contributed by atoms with Gasteiger partial charge in [-0.1, -0.05) is 83.1 Å². The molecule has 2 rings (SSSR count). The van der Waals surface area contributed by atoms with Crippen molar-refractivity contribution < 1.29 is 24.1 Å². The summed E-state index contributed by atoms with van der Waals surface area (Å²) in [4.78, 5) is 14.1. The second-order valence-electron chi connectivity index (χ2n) is 15.4. The molecule has 5 nitrogen and oxygen atoms in total. The van der Waals surface area contributed by atoms with Gasteiger partial charge in [0.1, 0.15) is 11.5 Å². The van der Waals surface area contributed by atoms with Gasteiger partial charge in [-0.25, -0.2) is 4.79 Å². The number of hydrogen-bond donors (Lipinski definition) is 1. The summed E-state index contributed by atoms with van der Waals surface area (Å²) in [6.07, 6.45) is -0.739. The van der Waals surface area contributed by atoms with Crippen LogP contribution < -0.4 is 4.74 Å². The van der Waals surface area contributed by atoms with Gasteiger partial charge in [0.2, 0.25) is 6.79 Å². The Bertz CT molecular complexity index is 1180. The van der Waals surface area contributed by atoms with E-state index in [1.807, 2.05) is 23.5 Å². The lowest BCUT2D eigenvalue weighted by molar-refractivity contribution is 0.00569. The van der Waals surface area contributed by atoms with Crippen molar-refractivity contribution >= 4 is 29.7 Å². The minimum absolute atomic E-state index is 0.187.